The van der Waals surface area contributed by atoms with Crippen molar-refractivity contribution >= 4 is 35.0 Å². The lowest BCUT2D eigenvalue weighted by atomic mass is 9.89. The fourth-order valence-electron chi connectivity index (χ4n) is 3.36. The number of rotatable bonds is 4. The van der Waals surface area contributed by atoms with E-state index in [2.05, 4.69) is 10.6 Å². The number of carbonyl (C=O) groups excluding carboxylic acids is 2. The Bertz CT molecular complexity index is 924. The van der Waals surface area contributed by atoms with Gasteiger partial charge in [0.1, 0.15) is 0 Å². The number of amides is 2. The van der Waals surface area contributed by atoms with E-state index in [4.69, 9.17) is 23.2 Å². The number of halogens is 6. The third kappa shape index (κ3) is 4.87. The molecule has 1 fully saturated rings. The largest absolute Gasteiger partial charge is 0.347 e. The molecule has 4 nitrogen and oxygen atoms in total. The zero-order chi connectivity index (χ0) is 22.0. The third-order valence-electron chi connectivity index (χ3n) is 4.91. The highest BCUT2D eigenvalue weighted by Crippen LogP contribution is 2.24. The first kappa shape index (κ1) is 22.4. The molecule has 160 valence electrons. The van der Waals surface area contributed by atoms with Gasteiger partial charge >= 0.3 is 0 Å². The molecule has 0 aromatic heterocycles. The van der Waals surface area contributed by atoms with Crippen LogP contribution in [0, 0.1) is 23.3 Å². The number of nitrogens with one attached hydrogen (secondary N) is 2. The molecule has 10 heteroatoms. The van der Waals surface area contributed by atoms with Crippen LogP contribution in [0.25, 0.3) is 0 Å². The SMILES string of the molecule is O=C(NC1CCCCC1NC(=O)c1cc(F)c(F)cc1Cl)c1cc(F)c(F)cc1Cl. The number of carbonyl (C=O) groups is 2. The van der Waals surface area contributed by atoms with E-state index in [9.17, 15) is 27.2 Å². The van der Waals surface area contributed by atoms with Crippen molar-refractivity contribution in [1.82, 2.24) is 10.6 Å². The topological polar surface area (TPSA) is 58.2 Å². The molecular formula is C20H16Cl2F4N2O2. The van der Waals surface area contributed by atoms with Crippen LogP contribution in [0.15, 0.2) is 24.3 Å². The quantitative estimate of drug-likeness (QED) is 0.494. The number of hydrogen-bond donors (Lipinski definition) is 2. The molecule has 1 aliphatic carbocycles. The molecule has 3 rings (SSSR count). The Morgan fingerprint density at radius 2 is 1.03 bits per heavy atom. The van der Waals surface area contributed by atoms with Crippen LogP contribution in [-0.4, -0.2) is 23.9 Å². The van der Waals surface area contributed by atoms with E-state index in [1.54, 1.807) is 0 Å². The third-order valence-corrected chi connectivity index (χ3v) is 5.53. The maximum Gasteiger partial charge on any atom is 0.253 e. The molecule has 2 amide bonds. The molecule has 1 saturated carbocycles. The highest BCUT2D eigenvalue weighted by Gasteiger charge is 2.30. The maximum absolute atomic E-state index is 13.5. The first-order valence-electron chi connectivity index (χ1n) is 9.08. The van der Waals surface area contributed by atoms with E-state index in [0.717, 1.165) is 12.8 Å². The lowest BCUT2D eigenvalue weighted by molar-refractivity contribution is 0.0862. The van der Waals surface area contributed by atoms with Gasteiger partial charge in [0, 0.05) is 12.1 Å². The van der Waals surface area contributed by atoms with E-state index in [1.165, 1.54) is 0 Å². The summed E-state index contributed by atoms with van der Waals surface area (Å²) in [6.45, 7) is 0. The average molecular weight is 463 g/mol. The molecule has 0 heterocycles. The lowest BCUT2D eigenvalue weighted by Gasteiger charge is -2.33. The second-order valence-electron chi connectivity index (χ2n) is 6.94. The van der Waals surface area contributed by atoms with Crippen LogP contribution in [-0.2, 0) is 0 Å². The minimum absolute atomic E-state index is 0.241. The molecule has 1 aliphatic rings. The van der Waals surface area contributed by atoms with Gasteiger partial charge in [-0.15, -0.1) is 0 Å². The molecule has 0 radical (unpaired) electrons. The normalized spacial score (nSPS) is 18.7. The molecule has 0 saturated heterocycles. The van der Waals surface area contributed by atoms with Gasteiger partial charge in [-0.3, -0.25) is 9.59 Å². The van der Waals surface area contributed by atoms with Crippen molar-refractivity contribution in [2.45, 2.75) is 37.8 Å². The Morgan fingerprint density at radius 3 is 1.40 bits per heavy atom. The minimum atomic E-state index is -1.22. The summed E-state index contributed by atoms with van der Waals surface area (Å²) in [5.41, 5.74) is -0.482. The average Bonchev–Trinajstić information content (AvgIpc) is 2.68. The van der Waals surface area contributed by atoms with E-state index in [0.29, 0.717) is 37.1 Å². The van der Waals surface area contributed by atoms with Gasteiger partial charge in [-0.1, -0.05) is 36.0 Å². The second kappa shape index (κ2) is 9.22. The van der Waals surface area contributed by atoms with Gasteiger partial charge in [0.15, 0.2) is 23.3 Å². The summed E-state index contributed by atoms with van der Waals surface area (Å²) in [5, 5.41) is 4.83. The van der Waals surface area contributed by atoms with Gasteiger partial charge in [-0.05, 0) is 37.1 Å². The van der Waals surface area contributed by atoms with Gasteiger partial charge in [0.2, 0.25) is 0 Å². The van der Waals surface area contributed by atoms with Gasteiger partial charge in [0.05, 0.1) is 21.2 Å². The van der Waals surface area contributed by atoms with Gasteiger partial charge in [0.25, 0.3) is 11.8 Å². The van der Waals surface area contributed by atoms with Gasteiger partial charge in [-0.25, -0.2) is 17.6 Å². The fourth-order valence-corrected chi connectivity index (χ4v) is 3.83. The maximum atomic E-state index is 13.5. The number of hydrogen-bond acceptors (Lipinski definition) is 2. The molecule has 2 atom stereocenters. The Morgan fingerprint density at radius 1 is 0.700 bits per heavy atom. The van der Waals surface area contributed by atoms with Crippen molar-refractivity contribution in [3.63, 3.8) is 0 Å². The Hall–Kier alpha value is -2.32. The van der Waals surface area contributed by atoms with E-state index in [1.807, 2.05) is 0 Å². The van der Waals surface area contributed by atoms with Crippen LogP contribution < -0.4 is 10.6 Å². The molecule has 0 bridgehead atoms. The molecule has 2 N–H and O–H groups in total. The van der Waals surface area contributed by atoms with Crippen molar-refractivity contribution in [1.29, 1.82) is 0 Å². The van der Waals surface area contributed by atoms with Crippen LogP contribution in [0.3, 0.4) is 0 Å². The Kier molecular flexibility index (Phi) is 6.88. The molecule has 0 spiro atoms. The van der Waals surface area contributed by atoms with Crippen LogP contribution >= 0.6 is 23.2 Å². The van der Waals surface area contributed by atoms with Crippen LogP contribution in [0.4, 0.5) is 17.6 Å². The minimum Gasteiger partial charge on any atom is -0.347 e. The molecule has 0 aliphatic heterocycles. The Balaban J connectivity index is 1.75. The van der Waals surface area contributed by atoms with E-state index < -0.39 is 47.2 Å². The Labute approximate surface area is 179 Å². The van der Waals surface area contributed by atoms with Gasteiger partial charge in [-0.2, -0.15) is 0 Å². The standard InChI is InChI=1S/C20H16Cl2F4N2O2/c21-11-7-15(25)13(23)5-9(11)19(29)27-17-3-1-2-4-18(17)28-20(30)10-6-14(24)16(26)8-12(10)22/h5-8,17-18H,1-4H2,(H,27,29)(H,28,30). The summed E-state index contributed by atoms with van der Waals surface area (Å²) in [6.07, 6.45) is 2.52. The summed E-state index contributed by atoms with van der Waals surface area (Å²) < 4.78 is 53.5. The summed E-state index contributed by atoms with van der Waals surface area (Å²) in [7, 11) is 0. The van der Waals surface area contributed by atoms with Crippen molar-refractivity contribution in [2.75, 3.05) is 0 Å². The predicted octanol–water partition coefficient (Wildman–Crippen LogP) is 5.02. The van der Waals surface area contributed by atoms with Crippen molar-refractivity contribution < 1.29 is 27.2 Å². The number of benzene rings is 2. The molecule has 2 aromatic carbocycles. The smallest absolute Gasteiger partial charge is 0.253 e. The highest BCUT2D eigenvalue weighted by molar-refractivity contribution is 6.34. The van der Waals surface area contributed by atoms with Crippen molar-refractivity contribution in [3.05, 3.63) is 68.7 Å². The summed E-state index contributed by atoms with van der Waals surface area (Å²) in [5.74, 6) is -6.24. The zero-order valence-electron chi connectivity index (χ0n) is 15.4. The van der Waals surface area contributed by atoms with Crippen molar-refractivity contribution in [2.24, 2.45) is 0 Å². The fraction of sp³-hybridized carbons (Fsp3) is 0.300. The van der Waals surface area contributed by atoms with Crippen LogP contribution in [0.5, 0.6) is 0 Å². The molecule has 2 unspecified atom stereocenters. The molecule has 30 heavy (non-hydrogen) atoms. The van der Waals surface area contributed by atoms with Crippen LogP contribution in [0.2, 0.25) is 10.0 Å². The van der Waals surface area contributed by atoms with Gasteiger partial charge < -0.3 is 10.6 Å². The lowest BCUT2D eigenvalue weighted by Crippen LogP contribution is -2.53. The predicted molar refractivity (Wildman–Crippen MR) is 104 cm³/mol. The highest BCUT2D eigenvalue weighted by atomic mass is 35.5. The molecule has 2 aromatic rings. The second-order valence-corrected chi connectivity index (χ2v) is 7.75. The zero-order valence-corrected chi connectivity index (χ0v) is 16.9. The van der Waals surface area contributed by atoms with Crippen molar-refractivity contribution in [3.8, 4) is 0 Å². The molecular weight excluding hydrogens is 447 g/mol. The first-order chi connectivity index (χ1) is 14.2. The summed E-state index contributed by atoms with van der Waals surface area (Å²) >= 11 is 11.7. The summed E-state index contributed by atoms with van der Waals surface area (Å²) in [6, 6.07) is 1.73. The van der Waals surface area contributed by atoms with Crippen LogP contribution in [0.1, 0.15) is 46.4 Å². The van der Waals surface area contributed by atoms with E-state index in [-0.39, 0.29) is 21.2 Å². The summed E-state index contributed by atoms with van der Waals surface area (Å²) in [4.78, 5) is 25.1. The van der Waals surface area contributed by atoms with E-state index >= 15 is 0 Å². The first-order valence-corrected chi connectivity index (χ1v) is 9.83. The monoisotopic (exact) mass is 462 g/mol.